The molecule has 0 aliphatic heterocycles. The molecule has 0 bridgehead atoms. The molecule has 0 radical (unpaired) electrons. The van der Waals surface area contributed by atoms with Crippen molar-refractivity contribution in [2.75, 3.05) is 0 Å². The highest BCUT2D eigenvalue weighted by Gasteiger charge is 2.36. The Balaban J connectivity index is 2.61. The van der Waals surface area contributed by atoms with Gasteiger partial charge in [0.2, 0.25) is 0 Å². The summed E-state index contributed by atoms with van der Waals surface area (Å²) in [5.41, 5.74) is 6.56. The van der Waals surface area contributed by atoms with Gasteiger partial charge in [0, 0.05) is 12.7 Å². The number of aromatic nitrogens is 1. The van der Waals surface area contributed by atoms with E-state index in [0.29, 0.717) is 11.3 Å². The van der Waals surface area contributed by atoms with Crippen molar-refractivity contribution in [2.45, 2.75) is 32.4 Å². The minimum Gasteiger partial charge on any atom is -0.363 e. The molecule has 90 valence electrons. The van der Waals surface area contributed by atoms with Crippen LogP contribution < -0.4 is 5.73 Å². The second-order valence-electron chi connectivity index (χ2n) is 3.31. The SMILES string of the molecule is CC(OCc1ncccc1CN)C(F)(F)F. The quantitative estimate of drug-likeness (QED) is 0.866. The van der Waals surface area contributed by atoms with Crippen LogP contribution >= 0.6 is 0 Å². The van der Waals surface area contributed by atoms with E-state index in [4.69, 9.17) is 10.5 Å². The summed E-state index contributed by atoms with van der Waals surface area (Å²) in [4.78, 5) is 3.93. The zero-order valence-corrected chi connectivity index (χ0v) is 8.79. The zero-order valence-electron chi connectivity index (χ0n) is 8.79. The summed E-state index contributed by atoms with van der Waals surface area (Å²) in [5, 5.41) is 0. The number of hydrogen-bond donors (Lipinski definition) is 1. The highest BCUT2D eigenvalue weighted by Crippen LogP contribution is 2.23. The minimum absolute atomic E-state index is 0.186. The summed E-state index contributed by atoms with van der Waals surface area (Å²) in [6.45, 7) is 1.01. The fourth-order valence-corrected chi connectivity index (χ4v) is 1.09. The summed E-state index contributed by atoms with van der Waals surface area (Å²) in [5.74, 6) is 0. The molecular formula is C10H13F3N2O. The molecule has 0 saturated carbocycles. The first-order chi connectivity index (χ1) is 7.45. The zero-order chi connectivity index (χ0) is 12.2. The van der Waals surface area contributed by atoms with Crippen molar-refractivity contribution >= 4 is 0 Å². The molecule has 1 aromatic rings. The summed E-state index contributed by atoms with van der Waals surface area (Å²) in [7, 11) is 0. The van der Waals surface area contributed by atoms with E-state index in [2.05, 4.69) is 4.98 Å². The number of pyridine rings is 1. The Morgan fingerprint density at radius 3 is 2.75 bits per heavy atom. The molecule has 1 heterocycles. The fraction of sp³-hybridized carbons (Fsp3) is 0.500. The molecule has 6 heteroatoms. The minimum atomic E-state index is -4.35. The van der Waals surface area contributed by atoms with Crippen LogP contribution in [0.15, 0.2) is 18.3 Å². The molecule has 1 unspecified atom stereocenters. The third kappa shape index (κ3) is 3.46. The Morgan fingerprint density at radius 1 is 1.50 bits per heavy atom. The van der Waals surface area contributed by atoms with Gasteiger partial charge in [-0.05, 0) is 18.6 Å². The molecule has 0 aromatic carbocycles. The van der Waals surface area contributed by atoms with Gasteiger partial charge in [-0.1, -0.05) is 6.07 Å². The number of rotatable bonds is 4. The number of nitrogens with two attached hydrogens (primary N) is 1. The molecule has 1 rings (SSSR count). The molecule has 16 heavy (non-hydrogen) atoms. The van der Waals surface area contributed by atoms with E-state index in [1.165, 1.54) is 6.20 Å². The summed E-state index contributed by atoms with van der Waals surface area (Å²) >= 11 is 0. The van der Waals surface area contributed by atoms with Crippen molar-refractivity contribution in [3.63, 3.8) is 0 Å². The largest absolute Gasteiger partial charge is 0.414 e. The van der Waals surface area contributed by atoms with Gasteiger partial charge in [-0.15, -0.1) is 0 Å². The van der Waals surface area contributed by atoms with Crippen molar-refractivity contribution < 1.29 is 17.9 Å². The maximum absolute atomic E-state index is 12.2. The lowest BCUT2D eigenvalue weighted by Gasteiger charge is -2.16. The standard InChI is InChI=1S/C10H13F3N2O/c1-7(10(11,12)13)16-6-9-8(5-14)3-2-4-15-9/h2-4,7H,5-6,14H2,1H3. The maximum Gasteiger partial charge on any atom is 0.414 e. The highest BCUT2D eigenvalue weighted by atomic mass is 19.4. The lowest BCUT2D eigenvalue weighted by Crippen LogP contribution is -2.28. The third-order valence-electron chi connectivity index (χ3n) is 2.14. The van der Waals surface area contributed by atoms with Crippen molar-refractivity contribution in [3.05, 3.63) is 29.6 Å². The average Bonchev–Trinajstić information content (AvgIpc) is 2.24. The van der Waals surface area contributed by atoms with E-state index in [-0.39, 0.29) is 13.2 Å². The van der Waals surface area contributed by atoms with Gasteiger partial charge in [0.15, 0.2) is 6.10 Å². The molecule has 0 amide bonds. The second kappa shape index (κ2) is 5.27. The van der Waals surface area contributed by atoms with Crippen LogP contribution in [0, 0.1) is 0 Å². The molecule has 0 fully saturated rings. The Morgan fingerprint density at radius 2 is 2.19 bits per heavy atom. The van der Waals surface area contributed by atoms with Crippen LogP contribution in [0.5, 0.6) is 0 Å². The van der Waals surface area contributed by atoms with E-state index >= 15 is 0 Å². The Bertz CT molecular complexity index is 341. The summed E-state index contributed by atoms with van der Waals surface area (Å²) < 4.78 is 41.2. The topological polar surface area (TPSA) is 48.1 Å². The van der Waals surface area contributed by atoms with Crippen LogP contribution in [0.4, 0.5) is 13.2 Å². The molecule has 0 aliphatic rings. The third-order valence-corrected chi connectivity index (χ3v) is 2.14. The lowest BCUT2D eigenvalue weighted by atomic mass is 10.2. The predicted molar refractivity (Wildman–Crippen MR) is 52.4 cm³/mol. The Labute approximate surface area is 91.4 Å². The first-order valence-electron chi connectivity index (χ1n) is 4.76. The smallest absolute Gasteiger partial charge is 0.363 e. The molecule has 0 spiro atoms. The molecular weight excluding hydrogens is 221 g/mol. The summed E-state index contributed by atoms with van der Waals surface area (Å²) in [6.07, 6.45) is -4.66. The maximum atomic E-state index is 12.2. The number of hydrogen-bond acceptors (Lipinski definition) is 3. The highest BCUT2D eigenvalue weighted by molar-refractivity contribution is 5.18. The van der Waals surface area contributed by atoms with Crippen LogP contribution in [0.3, 0.4) is 0 Å². The first-order valence-corrected chi connectivity index (χ1v) is 4.76. The van der Waals surface area contributed by atoms with Gasteiger partial charge in [0.05, 0.1) is 12.3 Å². The molecule has 2 N–H and O–H groups in total. The van der Waals surface area contributed by atoms with Crippen molar-refractivity contribution in [3.8, 4) is 0 Å². The number of alkyl halides is 3. The van der Waals surface area contributed by atoms with Gasteiger partial charge in [0.25, 0.3) is 0 Å². The fourth-order valence-electron chi connectivity index (χ4n) is 1.09. The van der Waals surface area contributed by atoms with Gasteiger partial charge in [-0.3, -0.25) is 4.98 Å². The van der Waals surface area contributed by atoms with Gasteiger partial charge in [-0.2, -0.15) is 13.2 Å². The first kappa shape index (κ1) is 12.9. The molecule has 3 nitrogen and oxygen atoms in total. The van der Waals surface area contributed by atoms with Crippen LogP contribution in [0.2, 0.25) is 0 Å². The van der Waals surface area contributed by atoms with Crippen molar-refractivity contribution in [1.82, 2.24) is 4.98 Å². The van der Waals surface area contributed by atoms with E-state index in [1.807, 2.05) is 0 Å². The average molecular weight is 234 g/mol. The van der Waals surface area contributed by atoms with Crippen molar-refractivity contribution in [1.29, 1.82) is 0 Å². The number of halogens is 3. The van der Waals surface area contributed by atoms with E-state index in [9.17, 15) is 13.2 Å². The van der Waals surface area contributed by atoms with Crippen molar-refractivity contribution in [2.24, 2.45) is 5.73 Å². The Hall–Kier alpha value is -1.14. The molecule has 1 aromatic heterocycles. The molecule has 0 aliphatic carbocycles. The second-order valence-corrected chi connectivity index (χ2v) is 3.31. The van der Waals surface area contributed by atoms with Crippen LogP contribution in [0.1, 0.15) is 18.2 Å². The lowest BCUT2D eigenvalue weighted by molar-refractivity contribution is -0.217. The Kier molecular flexibility index (Phi) is 4.26. The summed E-state index contributed by atoms with van der Waals surface area (Å²) in [6, 6.07) is 3.39. The predicted octanol–water partition coefficient (Wildman–Crippen LogP) is 2.01. The number of ether oxygens (including phenoxy) is 1. The molecule has 0 saturated heterocycles. The van der Waals surface area contributed by atoms with E-state index in [0.717, 1.165) is 6.92 Å². The number of nitrogens with zero attached hydrogens (tertiary/aromatic N) is 1. The van der Waals surface area contributed by atoms with Gasteiger partial charge in [-0.25, -0.2) is 0 Å². The van der Waals surface area contributed by atoms with Gasteiger partial charge < -0.3 is 10.5 Å². The normalized spacial score (nSPS) is 13.8. The molecule has 1 atom stereocenters. The van der Waals surface area contributed by atoms with E-state index in [1.54, 1.807) is 12.1 Å². The van der Waals surface area contributed by atoms with Crippen LogP contribution in [0.25, 0.3) is 0 Å². The van der Waals surface area contributed by atoms with Crippen LogP contribution in [-0.4, -0.2) is 17.3 Å². The van der Waals surface area contributed by atoms with Gasteiger partial charge in [0.1, 0.15) is 0 Å². The van der Waals surface area contributed by atoms with E-state index < -0.39 is 12.3 Å². The monoisotopic (exact) mass is 234 g/mol. The van der Waals surface area contributed by atoms with Gasteiger partial charge >= 0.3 is 6.18 Å². The van der Waals surface area contributed by atoms with Crippen LogP contribution in [-0.2, 0) is 17.9 Å².